The normalized spacial score (nSPS) is 11.6. The van der Waals surface area contributed by atoms with E-state index in [1.54, 1.807) is 0 Å². The Labute approximate surface area is 138 Å². The fraction of sp³-hybridized carbons (Fsp3) is 0.222. The Bertz CT molecular complexity index is 699. The molecule has 0 spiro atoms. The van der Waals surface area contributed by atoms with E-state index < -0.39 is 30.1 Å². The monoisotopic (exact) mass is 333 g/mol. The second-order valence-corrected chi connectivity index (χ2v) is 5.35. The number of rotatable bonds is 6. The number of hydrogen-bond donors (Lipinski definition) is 1. The van der Waals surface area contributed by atoms with E-state index in [1.807, 2.05) is 37.3 Å². The van der Waals surface area contributed by atoms with Gasteiger partial charge in [-0.1, -0.05) is 37.3 Å². The molecule has 0 aliphatic rings. The average molecular weight is 333 g/mol. The van der Waals surface area contributed by atoms with E-state index in [9.17, 15) is 18.4 Å². The van der Waals surface area contributed by atoms with Gasteiger partial charge in [0.1, 0.15) is 11.6 Å². The first kappa shape index (κ1) is 17.6. The van der Waals surface area contributed by atoms with Gasteiger partial charge in [0.05, 0.1) is 5.56 Å². The molecule has 0 saturated carbocycles. The molecule has 24 heavy (non-hydrogen) atoms. The van der Waals surface area contributed by atoms with Crippen LogP contribution in [-0.4, -0.2) is 25.0 Å². The molecule has 0 aromatic heterocycles. The highest BCUT2D eigenvalue weighted by atomic mass is 19.1. The number of halogens is 2. The zero-order chi connectivity index (χ0) is 17.5. The van der Waals surface area contributed by atoms with E-state index in [4.69, 9.17) is 4.74 Å². The number of carbonyl (C=O) groups excluding carboxylic acids is 2. The van der Waals surface area contributed by atoms with Crippen molar-refractivity contribution in [2.24, 2.45) is 0 Å². The van der Waals surface area contributed by atoms with Crippen LogP contribution < -0.4 is 5.32 Å². The van der Waals surface area contributed by atoms with Crippen molar-refractivity contribution in [1.82, 2.24) is 5.32 Å². The summed E-state index contributed by atoms with van der Waals surface area (Å²) < 4.78 is 30.8. The lowest BCUT2D eigenvalue weighted by molar-refractivity contribution is -0.124. The number of amides is 1. The molecule has 0 aliphatic heterocycles. The van der Waals surface area contributed by atoms with Crippen molar-refractivity contribution in [2.45, 2.75) is 12.8 Å². The molecule has 1 amide bonds. The van der Waals surface area contributed by atoms with E-state index in [0.717, 1.165) is 17.7 Å². The quantitative estimate of drug-likeness (QED) is 0.827. The lowest BCUT2D eigenvalue weighted by atomic mass is 10.0. The van der Waals surface area contributed by atoms with E-state index in [1.165, 1.54) is 0 Å². The summed E-state index contributed by atoms with van der Waals surface area (Å²) in [5.41, 5.74) is 0.794. The standard InChI is InChI=1S/C18H17F2NO3/c1-12(13-5-3-2-4-6-13)10-21-17(22)11-24-18(23)14-7-15(19)9-16(20)8-14/h2-9,12H,10-11H2,1H3,(H,21,22)/t12-/m0/s1. The van der Waals surface area contributed by atoms with Crippen LogP contribution in [0.5, 0.6) is 0 Å². The summed E-state index contributed by atoms with van der Waals surface area (Å²) in [5, 5.41) is 2.65. The first-order valence-corrected chi connectivity index (χ1v) is 7.40. The summed E-state index contributed by atoms with van der Waals surface area (Å²) >= 11 is 0. The van der Waals surface area contributed by atoms with Crippen LogP contribution in [0.1, 0.15) is 28.8 Å². The van der Waals surface area contributed by atoms with Gasteiger partial charge in [0.2, 0.25) is 0 Å². The molecule has 126 valence electrons. The van der Waals surface area contributed by atoms with E-state index in [-0.39, 0.29) is 11.5 Å². The maximum absolute atomic E-state index is 13.0. The maximum atomic E-state index is 13.0. The molecule has 0 bridgehead atoms. The largest absolute Gasteiger partial charge is 0.452 e. The molecule has 1 N–H and O–H groups in total. The van der Waals surface area contributed by atoms with Crippen molar-refractivity contribution in [1.29, 1.82) is 0 Å². The van der Waals surface area contributed by atoms with Gasteiger partial charge in [-0.3, -0.25) is 4.79 Å². The third-order valence-electron chi connectivity index (χ3n) is 3.41. The summed E-state index contributed by atoms with van der Waals surface area (Å²) in [6.45, 7) is 1.82. The van der Waals surface area contributed by atoms with Crippen LogP contribution in [0.15, 0.2) is 48.5 Å². The summed E-state index contributed by atoms with van der Waals surface area (Å²) in [6, 6.07) is 12.0. The fourth-order valence-corrected chi connectivity index (χ4v) is 2.10. The highest BCUT2D eigenvalue weighted by molar-refractivity contribution is 5.91. The molecule has 2 aromatic rings. The molecule has 1 atom stereocenters. The van der Waals surface area contributed by atoms with Crippen LogP contribution in [-0.2, 0) is 9.53 Å². The maximum Gasteiger partial charge on any atom is 0.338 e. The Morgan fingerprint density at radius 3 is 2.33 bits per heavy atom. The van der Waals surface area contributed by atoms with Gasteiger partial charge >= 0.3 is 5.97 Å². The predicted molar refractivity (Wildman–Crippen MR) is 84.5 cm³/mol. The highest BCUT2D eigenvalue weighted by Gasteiger charge is 2.13. The summed E-state index contributed by atoms with van der Waals surface area (Å²) in [7, 11) is 0. The van der Waals surface area contributed by atoms with Crippen LogP contribution in [0.4, 0.5) is 8.78 Å². The minimum Gasteiger partial charge on any atom is -0.452 e. The topological polar surface area (TPSA) is 55.4 Å². The Balaban J connectivity index is 1.79. The number of carbonyl (C=O) groups is 2. The lowest BCUT2D eigenvalue weighted by Crippen LogP contribution is -2.31. The first-order valence-electron chi connectivity index (χ1n) is 7.40. The number of ether oxygens (including phenoxy) is 1. The third-order valence-corrected chi connectivity index (χ3v) is 3.41. The van der Waals surface area contributed by atoms with Gasteiger partial charge in [-0.15, -0.1) is 0 Å². The molecule has 6 heteroatoms. The Morgan fingerprint density at radius 1 is 1.08 bits per heavy atom. The molecule has 0 unspecified atom stereocenters. The van der Waals surface area contributed by atoms with Crippen LogP contribution in [0.3, 0.4) is 0 Å². The molecule has 2 rings (SSSR count). The van der Waals surface area contributed by atoms with Crippen LogP contribution in [0.25, 0.3) is 0 Å². The molecular formula is C18H17F2NO3. The van der Waals surface area contributed by atoms with Gasteiger partial charge in [0, 0.05) is 12.6 Å². The molecular weight excluding hydrogens is 316 g/mol. The van der Waals surface area contributed by atoms with Crippen LogP contribution in [0, 0.1) is 11.6 Å². The summed E-state index contributed by atoms with van der Waals surface area (Å²) in [4.78, 5) is 23.4. The molecule has 0 fully saturated rings. The predicted octanol–water partition coefficient (Wildman–Crippen LogP) is 3.04. The fourth-order valence-electron chi connectivity index (χ4n) is 2.10. The second-order valence-electron chi connectivity index (χ2n) is 5.35. The van der Waals surface area contributed by atoms with Crippen molar-refractivity contribution in [3.05, 3.63) is 71.3 Å². The summed E-state index contributed by atoms with van der Waals surface area (Å²) in [5.74, 6) is -3.11. The number of benzene rings is 2. The van der Waals surface area contributed by atoms with Gasteiger partial charge < -0.3 is 10.1 Å². The Kier molecular flexibility index (Phi) is 6.01. The van der Waals surface area contributed by atoms with Crippen molar-refractivity contribution >= 4 is 11.9 Å². The summed E-state index contributed by atoms with van der Waals surface area (Å²) in [6.07, 6.45) is 0. The zero-order valence-corrected chi connectivity index (χ0v) is 13.1. The molecule has 0 aliphatic carbocycles. The van der Waals surface area contributed by atoms with Gasteiger partial charge in [0.15, 0.2) is 6.61 Å². The second kappa shape index (κ2) is 8.19. The molecule has 2 aromatic carbocycles. The first-order chi connectivity index (χ1) is 11.5. The van der Waals surface area contributed by atoms with Crippen LogP contribution in [0.2, 0.25) is 0 Å². The third kappa shape index (κ3) is 5.15. The highest BCUT2D eigenvalue weighted by Crippen LogP contribution is 2.13. The molecule has 4 nitrogen and oxygen atoms in total. The SMILES string of the molecule is C[C@@H](CNC(=O)COC(=O)c1cc(F)cc(F)c1)c1ccccc1. The Hall–Kier alpha value is -2.76. The molecule has 0 saturated heterocycles. The van der Waals surface area contributed by atoms with Gasteiger partial charge in [0.25, 0.3) is 5.91 Å². The van der Waals surface area contributed by atoms with Crippen LogP contribution >= 0.6 is 0 Å². The number of esters is 1. The number of nitrogens with one attached hydrogen (secondary N) is 1. The smallest absolute Gasteiger partial charge is 0.338 e. The van der Waals surface area contributed by atoms with Crippen molar-refractivity contribution in [2.75, 3.05) is 13.2 Å². The van der Waals surface area contributed by atoms with Gasteiger partial charge in [-0.2, -0.15) is 0 Å². The minimum absolute atomic E-state index is 0.100. The van der Waals surface area contributed by atoms with Gasteiger partial charge in [-0.25, -0.2) is 13.6 Å². The molecule has 0 heterocycles. The van der Waals surface area contributed by atoms with E-state index in [0.29, 0.717) is 12.6 Å². The van der Waals surface area contributed by atoms with Gasteiger partial charge in [-0.05, 0) is 23.6 Å². The zero-order valence-electron chi connectivity index (χ0n) is 13.1. The average Bonchev–Trinajstić information content (AvgIpc) is 2.57. The van der Waals surface area contributed by atoms with E-state index >= 15 is 0 Å². The minimum atomic E-state index is -0.959. The van der Waals surface area contributed by atoms with E-state index in [2.05, 4.69) is 5.32 Å². The lowest BCUT2D eigenvalue weighted by Gasteiger charge is -2.13. The van der Waals surface area contributed by atoms with Crippen molar-refractivity contribution in [3.63, 3.8) is 0 Å². The van der Waals surface area contributed by atoms with Crippen molar-refractivity contribution < 1.29 is 23.1 Å². The number of hydrogen-bond acceptors (Lipinski definition) is 3. The Morgan fingerprint density at radius 2 is 1.71 bits per heavy atom. The molecule has 0 radical (unpaired) electrons. The van der Waals surface area contributed by atoms with Crippen molar-refractivity contribution in [3.8, 4) is 0 Å².